The van der Waals surface area contributed by atoms with E-state index in [1.807, 2.05) is 6.92 Å². The minimum absolute atomic E-state index is 0.159. The highest BCUT2D eigenvalue weighted by Crippen LogP contribution is 2.24. The van der Waals surface area contributed by atoms with Crippen LogP contribution >= 0.6 is 0 Å². The second kappa shape index (κ2) is 6.65. The number of allylic oxidation sites excluding steroid dienone is 1. The second-order valence-corrected chi connectivity index (χ2v) is 4.52. The molecule has 0 aromatic rings. The van der Waals surface area contributed by atoms with Crippen LogP contribution in [0.4, 0.5) is 0 Å². The molecule has 0 amide bonds. The topological polar surface area (TPSA) is 26.3 Å². The molecule has 1 aliphatic carbocycles. The monoisotopic (exact) mass is 210 g/mol. The third kappa shape index (κ3) is 5.01. The molecule has 0 bridgehead atoms. The Hall–Kier alpha value is -0.790. The van der Waals surface area contributed by atoms with Crippen LogP contribution in [0.5, 0.6) is 0 Å². The summed E-state index contributed by atoms with van der Waals surface area (Å²) in [6, 6.07) is 0. The summed E-state index contributed by atoms with van der Waals surface area (Å²) in [6.45, 7) is 4.72. The first-order chi connectivity index (χ1) is 7.22. The first-order valence-electron chi connectivity index (χ1n) is 6.06. The molecule has 2 nitrogen and oxygen atoms in total. The molecule has 0 N–H and O–H groups in total. The highest BCUT2D eigenvalue weighted by Gasteiger charge is 2.16. The van der Waals surface area contributed by atoms with Gasteiger partial charge in [-0.05, 0) is 32.1 Å². The smallest absolute Gasteiger partial charge is 0.330 e. The van der Waals surface area contributed by atoms with Gasteiger partial charge in [0, 0.05) is 6.08 Å². The zero-order valence-corrected chi connectivity index (χ0v) is 9.92. The van der Waals surface area contributed by atoms with Crippen molar-refractivity contribution >= 4 is 5.97 Å². The van der Waals surface area contributed by atoms with Gasteiger partial charge in [-0.25, -0.2) is 4.79 Å². The van der Waals surface area contributed by atoms with Gasteiger partial charge < -0.3 is 4.74 Å². The molecule has 1 rings (SSSR count). The first-order valence-corrected chi connectivity index (χ1v) is 6.06. The Morgan fingerprint density at radius 2 is 2.07 bits per heavy atom. The predicted molar refractivity (Wildman–Crippen MR) is 61.6 cm³/mol. The Morgan fingerprint density at radius 3 is 2.67 bits per heavy atom. The molecule has 0 radical (unpaired) electrons. The predicted octanol–water partition coefficient (Wildman–Crippen LogP) is 3.47. The van der Waals surface area contributed by atoms with Crippen molar-refractivity contribution in [1.29, 1.82) is 0 Å². The van der Waals surface area contributed by atoms with Gasteiger partial charge in [-0.2, -0.15) is 0 Å². The molecule has 0 aliphatic heterocycles. The first kappa shape index (κ1) is 12.3. The maximum atomic E-state index is 11.4. The summed E-state index contributed by atoms with van der Waals surface area (Å²) in [5.41, 5.74) is 1.12. The van der Waals surface area contributed by atoms with Crippen LogP contribution in [0, 0.1) is 5.92 Å². The van der Waals surface area contributed by atoms with E-state index in [1.54, 1.807) is 6.08 Å². The molecule has 15 heavy (non-hydrogen) atoms. The van der Waals surface area contributed by atoms with Gasteiger partial charge >= 0.3 is 5.97 Å². The van der Waals surface area contributed by atoms with Crippen molar-refractivity contribution < 1.29 is 9.53 Å². The fourth-order valence-electron chi connectivity index (χ4n) is 2.09. The van der Waals surface area contributed by atoms with E-state index in [2.05, 4.69) is 6.92 Å². The van der Waals surface area contributed by atoms with Gasteiger partial charge in [0.25, 0.3) is 0 Å². The molecule has 0 unspecified atom stereocenters. The van der Waals surface area contributed by atoms with Crippen LogP contribution in [0.15, 0.2) is 11.6 Å². The molecular weight excluding hydrogens is 188 g/mol. The van der Waals surface area contributed by atoms with E-state index in [4.69, 9.17) is 4.74 Å². The summed E-state index contributed by atoms with van der Waals surface area (Å²) < 4.78 is 5.23. The Kier molecular flexibility index (Phi) is 5.44. The summed E-state index contributed by atoms with van der Waals surface area (Å²) in [4.78, 5) is 11.4. The van der Waals surface area contributed by atoms with Crippen LogP contribution in [0.3, 0.4) is 0 Å². The average Bonchev–Trinajstić information content (AvgIpc) is 2.67. The largest absolute Gasteiger partial charge is 0.462 e. The lowest BCUT2D eigenvalue weighted by Crippen LogP contribution is -2.10. The van der Waals surface area contributed by atoms with E-state index < -0.39 is 0 Å². The second-order valence-electron chi connectivity index (χ2n) is 4.52. The minimum Gasteiger partial charge on any atom is -0.462 e. The SMILES string of the molecule is CCC/C(C)=C/C(=O)OCC1CCCC1. The number of carbonyl (C=O) groups is 1. The molecule has 1 saturated carbocycles. The Morgan fingerprint density at radius 1 is 1.40 bits per heavy atom. The summed E-state index contributed by atoms with van der Waals surface area (Å²) in [6.07, 6.45) is 8.75. The molecule has 86 valence electrons. The normalized spacial score (nSPS) is 18.1. The van der Waals surface area contributed by atoms with Crippen LogP contribution in [-0.4, -0.2) is 12.6 Å². The third-order valence-electron chi connectivity index (χ3n) is 2.94. The van der Waals surface area contributed by atoms with Crippen molar-refractivity contribution in [3.63, 3.8) is 0 Å². The van der Waals surface area contributed by atoms with Crippen molar-refractivity contribution in [2.24, 2.45) is 5.92 Å². The summed E-state index contributed by atoms with van der Waals surface area (Å²) in [7, 11) is 0. The molecule has 1 fully saturated rings. The zero-order valence-electron chi connectivity index (χ0n) is 9.92. The summed E-state index contributed by atoms with van der Waals surface area (Å²) >= 11 is 0. The molecule has 0 heterocycles. The lowest BCUT2D eigenvalue weighted by atomic mass is 10.1. The molecule has 1 aliphatic rings. The number of carbonyl (C=O) groups excluding carboxylic acids is 1. The van der Waals surface area contributed by atoms with Crippen LogP contribution in [0.1, 0.15) is 52.4 Å². The number of hydrogen-bond donors (Lipinski definition) is 0. The van der Waals surface area contributed by atoms with Gasteiger partial charge in [-0.15, -0.1) is 0 Å². The van der Waals surface area contributed by atoms with Crippen molar-refractivity contribution in [3.8, 4) is 0 Å². The minimum atomic E-state index is -0.159. The lowest BCUT2D eigenvalue weighted by molar-refractivity contribution is -0.139. The zero-order chi connectivity index (χ0) is 11.1. The van der Waals surface area contributed by atoms with Gasteiger partial charge in [0.1, 0.15) is 0 Å². The molecule has 2 heteroatoms. The molecule has 0 aromatic carbocycles. The van der Waals surface area contributed by atoms with E-state index in [-0.39, 0.29) is 5.97 Å². The number of rotatable bonds is 5. The van der Waals surface area contributed by atoms with E-state index in [0.29, 0.717) is 12.5 Å². The number of hydrogen-bond acceptors (Lipinski definition) is 2. The molecular formula is C13H22O2. The molecule has 0 aromatic heterocycles. The number of esters is 1. The third-order valence-corrected chi connectivity index (χ3v) is 2.94. The van der Waals surface area contributed by atoms with Crippen LogP contribution in [0.2, 0.25) is 0 Å². The maximum Gasteiger partial charge on any atom is 0.330 e. The van der Waals surface area contributed by atoms with Gasteiger partial charge in [0.05, 0.1) is 6.61 Å². The molecule has 0 spiro atoms. The standard InChI is InChI=1S/C13H22O2/c1-3-6-11(2)9-13(14)15-10-12-7-4-5-8-12/h9,12H,3-8,10H2,1-2H3/b11-9+. The van der Waals surface area contributed by atoms with E-state index in [1.165, 1.54) is 25.7 Å². The Bertz CT molecular complexity index is 225. The van der Waals surface area contributed by atoms with E-state index >= 15 is 0 Å². The Balaban J connectivity index is 2.20. The highest BCUT2D eigenvalue weighted by molar-refractivity contribution is 5.82. The summed E-state index contributed by atoms with van der Waals surface area (Å²) in [5, 5.41) is 0. The van der Waals surface area contributed by atoms with Crippen molar-refractivity contribution in [3.05, 3.63) is 11.6 Å². The number of ether oxygens (including phenoxy) is 1. The lowest BCUT2D eigenvalue weighted by Gasteiger charge is -2.08. The van der Waals surface area contributed by atoms with Gasteiger partial charge in [-0.3, -0.25) is 0 Å². The van der Waals surface area contributed by atoms with Gasteiger partial charge in [0.2, 0.25) is 0 Å². The quantitative estimate of drug-likeness (QED) is 0.513. The highest BCUT2D eigenvalue weighted by atomic mass is 16.5. The van der Waals surface area contributed by atoms with Crippen LogP contribution in [-0.2, 0) is 9.53 Å². The Labute approximate surface area is 92.7 Å². The fraction of sp³-hybridized carbons (Fsp3) is 0.769. The van der Waals surface area contributed by atoms with Gasteiger partial charge in [-0.1, -0.05) is 31.8 Å². The van der Waals surface area contributed by atoms with E-state index in [9.17, 15) is 4.79 Å². The molecule has 0 atom stereocenters. The van der Waals surface area contributed by atoms with Crippen molar-refractivity contribution in [2.45, 2.75) is 52.4 Å². The van der Waals surface area contributed by atoms with Crippen LogP contribution in [0.25, 0.3) is 0 Å². The molecule has 0 saturated heterocycles. The fourth-order valence-corrected chi connectivity index (χ4v) is 2.09. The maximum absolute atomic E-state index is 11.4. The van der Waals surface area contributed by atoms with E-state index in [0.717, 1.165) is 18.4 Å². The van der Waals surface area contributed by atoms with Crippen molar-refractivity contribution in [2.75, 3.05) is 6.61 Å². The van der Waals surface area contributed by atoms with Gasteiger partial charge in [0.15, 0.2) is 0 Å². The average molecular weight is 210 g/mol. The van der Waals surface area contributed by atoms with Crippen molar-refractivity contribution in [1.82, 2.24) is 0 Å². The summed E-state index contributed by atoms with van der Waals surface area (Å²) in [5.74, 6) is 0.460. The van der Waals surface area contributed by atoms with Crippen LogP contribution < -0.4 is 0 Å².